The van der Waals surface area contributed by atoms with Crippen LogP contribution in [0.4, 0.5) is 10.1 Å². The van der Waals surface area contributed by atoms with Crippen LogP contribution in [0.5, 0.6) is 0 Å². The predicted molar refractivity (Wildman–Crippen MR) is 66.3 cm³/mol. The van der Waals surface area contributed by atoms with E-state index in [0.717, 1.165) is 12.1 Å². The number of allylic oxidation sites excluding steroid dienone is 1. The SMILES string of the molecule is CC(C)CC(=N)/C=C\Nc1ccc(F)cc1. The molecule has 0 saturated carbocycles. The number of rotatable bonds is 5. The van der Waals surface area contributed by atoms with Gasteiger partial charge in [-0.2, -0.15) is 0 Å². The van der Waals surface area contributed by atoms with Gasteiger partial charge >= 0.3 is 0 Å². The molecule has 0 radical (unpaired) electrons. The van der Waals surface area contributed by atoms with Crippen molar-refractivity contribution in [1.29, 1.82) is 5.41 Å². The second-order valence-electron chi connectivity index (χ2n) is 4.11. The van der Waals surface area contributed by atoms with Gasteiger partial charge in [0.15, 0.2) is 0 Å². The number of hydrogen-bond acceptors (Lipinski definition) is 2. The van der Waals surface area contributed by atoms with E-state index in [1.165, 1.54) is 12.1 Å². The summed E-state index contributed by atoms with van der Waals surface area (Å²) in [7, 11) is 0. The molecule has 0 unspecified atom stereocenters. The summed E-state index contributed by atoms with van der Waals surface area (Å²) in [6.07, 6.45) is 4.20. The van der Waals surface area contributed by atoms with Gasteiger partial charge in [-0.15, -0.1) is 0 Å². The second kappa shape index (κ2) is 6.05. The fraction of sp³-hybridized carbons (Fsp3) is 0.308. The van der Waals surface area contributed by atoms with Crippen LogP contribution in [-0.2, 0) is 0 Å². The Morgan fingerprint density at radius 2 is 2.00 bits per heavy atom. The van der Waals surface area contributed by atoms with Crippen LogP contribution >= 0.6 is 0 Å². The zero-order valence-electron chi connectivity index (χ0n) is 9.63. The quantitative estimate of drug-likeness (QED) is 0.727. The van der Waals surface area contributed by atoms with Crippen molar-refractivity contribution in [2.24, 2.45) is 5.92 Å². The maximum Gasteiger partial charge on any atom is 0.123 e. The number of nitrogens with one attached hydrogen (secondary N) is 2. The zero-order valence-corrected chi connectivity index (χ0v) is 9.63. The number of halogens is 1. The van der Waals surface area contributed by atoms with Gasteiger partial charge in [-0.3, -0.25) is 0 Å². The third-order valence-electron chi connectivity index (χ3n) is 2.01. The Bertz CT molecular complexity index is 366. The summed E-state index contributed by atoms with van der Waals surface area (Å²) in [5.41, 5.74) is 1.40. The average Bonchev–Trinajstić information content (AvgIpc) is 2.20. The molecule has 1 aromatic carbocycles. The Morgan fingerprint density at radius 3 is 2.56 bits per heavy atom. The molecule has 1 aromatic rings. The standard InChI is InChI=1S/C13H17FN2/c1-10(2)9-12(15)7-8-16-13-5-3-11(14)4-6-13/h3-8,10,15-16H,9H2,1-2H3/b8-7-,15-12?. The van der Waals surface area contributed by atoms with E-state index in [4.69, 9.17) is 5.41 Å². The van der Waals surface area contributed by atoms with Crippen LogP contribution in [0.3, 0.4) is 0 Å². The molecular weight excluding hydrogens is 203 g/mol. The van der Waals surface area contributed by atoms with E-state index in [1.54, 1.807) is 24.4 Å². The van der Waals surface area contributed by atoms with Crippen LogP contribution in [0.2, 0.25) is 0 Å². The molecule has 0 heterocycles. The predicted octanol–water partition coefficient (Wildman–Crippen LogP) is 3.82. The topological polar surface area (TPSA) is 35.9 Å². The van der Waals surface area contributed by atoms with Crippen LogP contribution in [0.1, 0.15) is 20.3 Å². The van der Waals surface area contributed by atoms with Gasteiger partial charge in [-0.1, -0.05) is 13.8 Å². The van der Waals surface area contributed by atoms with Crippen LogP contribution in [-0.4, -0.2) is 5.71 Å². The summed E-state index contributed by atoms with van der Waals surface area (Å²) >= 11 is 0. The third-order valence-corrected chi connectivity index (χ3v) is 2.01. The molecule has 0 saturated heterocycles. The minimum atomic E-state index is -0.248. The van der Waals surface area contributed by atoms with Crippen LogP contribution in [0, 0.1) is 17.1 Å². The monoisotopic (exact) mass is 220 g/mol. The molecule has 0 atom stereocenters. The van der Waals surface area contributed by atoms with Crippen LogP contribution < -0.4 is 5.32 Å². The molecule has 0 aliphatic carbocycles. The van der Waals surface area contributed by atoms with Crippen molar-refractivity contribution >= 4 is 11.4 Å². The number of anilines is 1. The second-order valence-corrected chi connectivity index (χ2v) is 4.11. The maximum atomic E-state index is 12.6. The minimum absolute atomic E-state index is 0.248. The summed E-state index contributed by atoms with van der Waals surface area (Å²) in [6.45, 7) is 4.16. The Balaban J connectivity index is 2.42. The zero-order chi connectivity index (χ0) is 12.0. The first kappa shape index (κ1) is 12.4. The molecule has 0 aromatic heterocycles. The minimum Gasteiger partial charge on any atom is -0.362 e. The molecule has 0 bridgehead atoms. The van der Waals surface area contributed by atoms with Crippen molar-refractivity contribution in [2.45, 2.75) is 20.3 Å². The van der Waals surface area contributed by atoms with Gasteiger partial charge in [0.1, 0.15) is 5.82 Å². The molecule has 3 heteroatoms. The van der Waals surface area contributed by atoms with Crippen molar-refractivity contribution in [3.05, 3.63) is 42.4 Å². The van der Waals surface area contributed by atoms with Gasteiger partial charge in [0, 0.05) is 17.6 Å². The van der Waals surface area contributed by atoms with Crippen molar-refractivity contribution in [1.82, 2.24) is 0 Å². The van der Waals surface area contributed by atoms with Gasteiger partial charge in [0.2, 0.25) is 0 Å². The van der Waals surface area contributed by atoms with Crippen molar-refractivity contribution in [3.8, 4) is 0 Å². The molecular formula is C13H17FN2. The molecule has 0 amide bonds. The first-order chi connectivity index (χ1) is 7.58. The van der Waals surface area contributed by atoms with E-state index in [-0.39, 0.29) is 5.82 Å². The van der Waals surface area contributed by atoms with E-state index in [1.807, 2.05) is 0 Å². The fourth-order valence-corrected chi connectivity index (χ4v) is 1.29. The smallest absolute Gasteiger partial charge is 0.123 e. The molecule has 2 N–H and O–H groups in total. The van der Waals surface area contributed by atoms with E-state index < -0.39 is 0 Å². The Kier molecular flexibility index (Phi) is 4.70. The molecule has 2 nitrogen and oxygen atoms in total. The summed E-state index contributed by atoms with van der Waals surface area (Å²) in [4.78, 5) is 0. The van der Waals surface area contributed by atoms with Gasteiger partial charge < -0.3 is 10.7 Å². The van der Waals surface area contributed by atoms with Crippen molar-refractivity contribution in [3.63, 3.8) is 0 Å². The normalized spacial score (nSPS) is 11.0. The highest BCUT2D eigenvalue weighted by molar-refractivity contribution is 5.92. The van der Waals surface area contributed by atoms with Crippen molar-refractivity contribution in [2.75, 3.05) is 5.32 Å². The first-order valence-corrected chi connectivity index (χ1v) is 5.34. The van der Waals surface area contributed by atoms with Crippen molar-refractivity contribution < 1.29 is 4.39 Å². The highest BCUT2D eigenvalue weighted by atomic mass is 19.1. The molecule has 0 aliphatic heterocycles. The summed E-state index contributed by atoms with van der Waals surface area (Å²) in [6, 6.07) is 6.11. The van der Waals surface area contributed by atoms with Crippen LogP contribution in [0.25, 0.3) is 0 Å². The number of hydrogen-bond donors (Lipinski definition) is 2. The lowest BCUT2D eigenvalue weighted by Gasteiger charge is -2.03. The van der Waals surface area contributed by atoms with Crippen LogP contribution in [0.15, 0.2) is 36.5 Å². The molecule has 86 valence electrons. The third kappa shape index (κ3) is 4.73. The average molecular weight is 220 g/mol. The lowest BCUT2D eigenvalue weighted by Crippen LogP contribution is -1.98. The molecule has 0 aliphatic rings. The summed E-state index contributed by atoms with van der Waals surface area (Å²) in [5.74, 6) is 0.241. The van der Waals surface area contributed by atoms with Gasteiger partial charge in [0.05, 0.1) is 0 Å². The van der Waals surface area contributed by atoms with Gasteiger partial charge in [0.25, 0.3) is 0 Å². The van der Waals surface area contributed by atoms with E-state index in [0.29, 0.717) is 11.6 Å². The van der Waals surface area contributed by atoms with E-state index in [2.05, 4.69) is 19.2 Å². The largest absolute Gasteiger partial charge is 0.362 e. The summed E-state index contributed by atoms with van der Waals surface area (Å²) in [5, 5.41) is 10.6. The Hall–Kier alpha value is -1.64. The Labute approximate surface area is 95.7 Å². The molecule has 1 rings (SSSR count). The van der Waals surface area contributed by atoms with Gasteiger partial charge in [-0.05, 0) is 42.7 Å². The Morgan fingerprint density at radius 1 is 1.38 bits per heavy atom. The van der Waals surface area contributed by atoms with Gasteiger partial charge in [-0.25, -0.2) is 4.39 Å². The lowest BCUT2D eigenvalue weighted by atomic mass is 10.1. The molecule has 0 fully saturated rings. The summed E-state index contributed by atoms with van der Waals surface area (Å²) < 4.78 is 12.6. The molecule has 16 heavy (non-hydrogen) atoms. The lowest BCUT2D eigenvalue weighted by molar-refractivity contribution is 0.628. The highest BCUT2D eigenvalue weighted by Crippen LogP contribution is 2.08. The highest BCUT2D eigenvalue weighted by Gasteiger charge is 1.96. The van der Waals surface area contributed by atoms with E-state index in [9.17, 15) is 4.39 Å². The first-order valence-electron chi connectivity index (χ1n) is 5.34. The maximum absolute atomic E-state index is 12.6. The fourth-order valence-electron chi connectivity index (χ4n) is 1.29. The number of benzene rings is 1. The van der Waals surface area contributed by atoms with E-state index >= 15 is 0 Å². The molecule has 0 spiro atoms.